The highest BCUT2D eigenvalue weighted by Crippen LogP contribution is 2.29. The first kappa shape index (κ1) is 18.2. The average molecular weight is 355 g/mol. The molecule has 0 saturated carbocycles. The topological polar surface area (TPSA) is 46.5 Å². The molecule has 0 radical (unpaired) electrons. The molecule has 0 unspecified atom stereocenters. The number of alkyl halides is 3. The summed E-state index contributed by atoms with van der Waals surface area (Å²) in [5, 5.41) is 0. The van der Waals surface area contributed by atoms with Crippen molar-refractivity contribution in [3.8, 4) is 0 Å². The minimum atomic E-state index is -4.43. The van der Waals surface area contributed by atoms with Gasteiger partial charge in [0.25, 0.3) is 10.0 Å². The summed E-state index contributed by atoms with van der Waals surface area (Å²) in [6, 6.07) is 7.61. The van der Waals surface area contributed by atoms with Gasteiger partial charge < -0.3 is 0 Å². The minimum Gasteiger partial charge on any atom is -0.199 e. The fourth-order valence-electron chi connectivity index (χ4n) is 2.51. The van der Waals surface area contributed by atoms with Crippen LogP contribution in [0.3, 0.4) is 0 Å². The van der Waals surface area contributed by atoms with Crippen molar-refractivity contribution in [2.45, 2.75) is 31.8 Å². The monoisotopic (exact) mass is 355 g/mol. The molecule has 128 valence electrons. The second-order valence-electron chi connectivity index (χ2n) is 5.56. The molecule has 0 amide bonds. The highest BCUT2D eigenvalue weighted by molar-refractivity contribution is 7.90. The van der Waals surface area contributed by atoms with Crippen LogP contribution in [0.5, 0.6) is 0 Å². The average Bonchev–Trinajstić information content (AvgIpc) is 2.43. The standard InChI is InChI=1S/C17H16F3NO2S/c1-11-8-12(2)16(13(3)9-11)24(22,23)21-10-14-4-6-15(7-5-14)17(18,19)20/h4-10H,1-3H3/b21-10+. The van der Waals surface area contributed by atoms with Crippen LogP contribution >= 0.6 is 0 Å². The first-order valence-electron chi connectivity index (χ1n) is 7.06. The van der Waals surface area contributed by atoms with E-state index in [9.17, 15) is 21.6 Å². The quantitative estimate of drug-likeness (QED) is 0.764. The van der Waals surface area contributed by atoms with E-state index in [0.29, 0.717) is 11.1 Å². The Balaban J connectivity index is 2.35. The molecule has 0 aliphatic carbocycles. The molecule has 2 rings (SSSR count). The molecule has 0 atom stereocenters. The van der Waals surface area contributed by atoms with Gasteiger partial charge in [0.2, 0.25) is 0 Å². The van der Waals surface area contributed by atoms with Crippen LogP contribution in [0.4, 0.5) is 13.2 Å². The zero-order valence-corrected chi connectivity index (χ0v) is 14.2. The zero-order valence-electron chi connectivity index (χ0n) is 13.3. The van der Waals surface area contributed by atoms with E-state index in [2.05, 4.69) is 4.40 Å². The smallest absolute Gasteiger partial charge is 0.199 e. The van der Waals surface area contributed by atoms with Crippen molar-refractivity contribution in [1.29, 1.82) is 0 Å². The molecule has 0 N–H and O–H groups in total. The maximum absolute atomic E-state index is 12.5. The van der Waals surface area contributed by atoms with Gasteiger partial charge in [0.05, 0.1) is 10.5 Å². The molecule has 3 nitrogen and oxygen atoms in total. The van der Waals surface area contributed by atoms with Crippen LogP contribution < -0.4 is 0 Å². The lowest BCUT2D eigenvalue weighted by atomic mass is 10.1. The van der Waals surface area contributed by atoms with Crippen molar-refractivity contribution in [1.82, 2.24) is 0 Å². The van der Waals surface area contributed by atoms with Gasteiger partial charge >= 0.3 is 6.18 Å². The minimum absolute atomic E-state index is 0.122. The van der Waals surface area contributed by atoms with E-state index in [0.717, 1.165) is 23.9 Å². The van der Waals surface area contributed by atoms with Gasteiger partial charge in [-0.05, 0) is 49.6 Å². The Bertz CT molecular complexity index is 860. The van der Waals surface area contributed by atoms with Crippen molar-refractivity contribution in [3.05, 3.63) is 64.2 Å². The van der Waals surface area contributed by atoms with Gasteiger partial charge in [-0.2, -0.15) is 26.0 Å². The highest BCUT2D eigenvalue weighted by Gasteiger charge is 2.29. The molecular weight excluding hydrogens is 339 g/mol. The van der Waals surface area contributed by atoms with Crippen LogP contribution in [0.1, 0.15) is 27.8 Å². The molecular formula is C17H16F3NO2S. The molecule has 0 saturated heterocycles. The lowest BCUT2D eigenvalue weighted by Crippen LogP contribution is -2.05. The summed E-state index contributed by atoms with van der Waals surface area (Å²) in [7, 11) is -3.93. The van der Waals surface area contributed by atoms with E-state index >= 15 is 0 Å². The summed E-state index contributed by atoms with van der Waals surface area (Å²) in [5.41, 5.74) is 1.58. The molecule has 0 spiro atoms. The summed E-state index contributed by atoms with van der Waals surface area (Å²) >= 11 is 0. The van der Waals surface area contributed by atoms with E-state index in [1.165, 1.54) is 12.1 Å². The lowest BCUT2D eigenvalue weighted by molar-refractivity contribution is -0.137. The molecule has 2 aromatic carbocycles. The summed E-state index contributed by atoms with van der Waals surface area (Å²) < 4.78 is 65.9. The van der Waals surface area contributed by atoms with Crippen molar-refractivity contribution >= 4 is 16.2 Å². The lowest BCUT2D eigenvalue weighted by Gasteiger charge is -2.09. The van der Waals surface area contributed by atoms with Crippen molar-refractivity contribution in [2.75, 3.05) is 0 Å². The SMILES string of the molecule is Cc1cc(C)c(S(=O)(=O)/N=C/c2ccc(C(F)(F)F)cc2)c(C)c1. The Kier molecular flexibility index (Phi) is 4.85. The van der Waals surface area contributed by atoms with Crippen LogP contribution in [0.25, 0.3) is 0 Å². The molecule has 0 aliphatic heterocycles. The fraction of sp³-hybridized carbons (Fsp3) is 0.235. The van der Waals surface area contributed by atoms with Gasteiger partial charge in [0, 0.05) is 6.21 Å². The number of benzene rings is 2. The third-order valence-corrected chi connectivity index (χ3v) is 4.98. The molecule has 0 heterocycles. The van der Waals surface area contributed by atoms with Crippen LogP contribution in [0.2, 0.25) is 0 Å². The van der Waals surface area contributed by atoms with Gasteiger partial charge in [0.1, 0.15) is 0 Å². The number of hydrogen-bond donors (Lipinski definition) is 0. The molecule has 0 bridgehead atoms. The summed E-state index contributed by atoms with van der Waals surface area (Å²) in [6.45, 7) is 5.23. The van der Waals surface area contributed by atoms with Crippen molar-refractivity contribution < 1.29 is 21.6 Å². The Hall–Kier alpha value is -2.15. The Morgan fingerprint density at radius 3 is 1.92 bits per heavy atom. The second kappa shape index (κ2) is 6.39. The Morgan fingerprint density at radius 2 is 1.46 bits per heavy atom. The van der Waals surface area contributed by atoms with E-state index in [1.54, 1.807) is 26.0 Å². The third-order valence-electron chi connectivity index (χ3n) is 3.44. The highest BCUT2D eigenvalue weighted by atomic mass is 32.2. The molecule has 7 heteroatoms. The molecule has 0 aromatic heterocycles. The van der Waals surface area contributed by atoms with E-state index in [1.807, 2.05) is 6.92 Å². The van der Waals surface area contributed by atoms with Crippen LogP contribution in [-0.2, 0) is 16.2 Å². The summed E-state index contributed by atoms with van der Waals surface area (Å²) in [4.78, 5) is 0.122. The predicted molar refractivity (Wildman–Crippen MR) is 86.9 cm³/mol. The number of sulfonamides is 1. The number of nitrogens with zero attached hydrogens (tertiary/aromatic N) is 1. The van der Waals surface area contributed by atoms with Gasteiger partial charge in [-0.1, -0.05) is 29.8 Å². The van der Waals surface area contributed by atoms with Gasteiger partial charge in [-0.3, -0.25) is 0 Å². The number of halogens is 3. The van der Waals surface area contributed by atoms with Gasteiger partial charge in [-0.25, -0.2) is 0 Å². The maximum atomic E-state index is 12.5. The number of aryl methyl sites for hydroxylation is 3. The molecule has 2 aromatic rings. The first-order chi connectivity index (χ1) is 11.0. The number of hydrogen-bond acceptors (Lipinski definition) is 2. The third kappa shape index (κ3) is 4.03. The van der Waals surface area contributed by atoms with Gasteiger partial charge in [0.15, 0.2) is 0 Å². The van der Waals surface area contributed by atoms with E-state index in [-0.39, 0.29) is 10.5 Å². The zero-order chi connectivity index (χ0) is 18.1. The van der Waals surface area contributed by atoms with Crippen LogP contribution in [0.15, 0.2) is 45.7 Å². The normalized spacial score (nSPS) is 12.8. The Labute approximate surface area is 138 Å². The molecule has 0 fully saturated rings. The summed E-state index contributed by atoms with van der Waals surface area (Å²) in [6.07, 6.45) is -3.38. The second-order valence-corrected chi connectivity index (χ2v) is 7.13. The fourth-order valence-corrected chi connectivity index (χ4v) is 3.81. The first-order valence-corrected chi connectivity index (χ1v) is 8.50. The maximum Gasteiger partial charge on any atom is 0.416 e. The largest absolute Gasteiger partial charge is 0.416 e. The van der Waals surface area contributed by atoms with E-state index < -0.39 is 21.8 Å². The number of rotatable bonds is 3. The van der Waals surface area contributed by atoms with Crippen molar-refractivity contribution in [2.24, 2.45) is 4.40 Å². The summed E-state index contributed by atoms with van der Waals surface area (Å²) in [5.74, 6) is 0. The van der Waals surface area contributed by atoms with Crippen molar-refractivity contribution in [3.63, 3.8) is 0 Å². The predicted octanol–water partition coefficient (Wildman–Crippen LogP) is 4.44. The van der Waals surface area contributed by atoms with E-state index in [4.69, 9.17) is 0 Å². The molecule has 24 heavy (non-hydrogen) atoms. The van der Waals surface area contributed by atoms with Crippen LogP contribution in [0, 0.1) is 20.8 Å². The van der Waals surface area contributed by atoms with Gasteiger partial charge in [-0.15, -0.1) is 0 Å². The Morgan fingerprint density at radius 1 is 0.958 bits per heavy atom. The molecule has 0 aliphatic rings. The van der Waals surface area contributed by atoms with Crippen LogP contribution in [-0.4, -0.2) is 14.6 Å².